The van der Waals surface area contributed by atoms with Crippen molar-refractivity contribution in [1.29, 1.82) is 0 Å². The van der Waals surface area contributed by atoms with Crippen LogP contribution < -0.4 is 4.74 Å². The van der Waals surface area contributed by atoms with E-state index in [0.717, 1.165) is 11.1 Å². The number of ether oxygens (including phenoxy) is 2. The molecule has 1 aromatic carbocycles. The Bertz CT molecular complexity index is 857. The lowest BCUT2D eigenvalue weighted by molar-refractivity contribution is -0.136. The highest BCUT2D eigenvalue weighted by Gasteiger charge is 2.32. The lowest BCUT2D eigenvalue weighted by Gasteiger charge is -2.36. The summed E-state index contributed by atoms with van der Waals surface area (Å²) >= 11 is 0. The second-order valence-electron chi connectivity index (χ2n) is 7.65. The van der Waals surface area contributed by atoms with E-state index in [2.05, 4.69) is 0 Å². The van der Waals surface area contributed by atoms with Gasteiger partial charge >= 0.3 is 0 Å². The number of piperazine rings is 1. The van der Waals surface area contributed by atoms with Gasteiger partial charge in [-0.15, -0.1) is 0 Å². The van der Waals surface area contributed by atoms with Gasteiger partial charge in [-0.05, 0) is 43.5 Å². The maximum absolute atomic E-state index is 13.3. The van der Waals surface area contributed by atoms with Gasteiger partial charge in [-0.1, -0.05) is 0 Å². The van der Waals surface area contributed by atoms with Crippen molar-refractivity contribution >= 4 is 15.9 Å². The Balaban J connectivity index is 1.67. The molecule has 0 bridgehead atoms. The number of nitrogens with zero attached hydrogens (tertiary/aromatic N) is 3. The number of morpholine rings is 1. The Morgan fingerprint density at radius 3 is 2.24 bits per heavy atom. The fraction of sp³-hybridized carbons (Fsp3) is 0.650. The summed E-state index contributed by atoms with van der Waals surface area (Å²) in [6, 6.07) is 1.78. The van der Waals surface area contributed by atoms with Crippen LogP contribution in [0.15, 0.2) is 11.0 Å². The number of rotatable bonds is 5. The van der Waals surface area contributed by atoms with Crippen molar-refractivity contribution in [2.75, 3.05) is 66.1 Å². The normalized spacial score (nSPS) is 19.4. The summed E-state index contributed by atoms with van der Waals surface area (Å²) in [5, 5.41) is 0. The molecule has 0 aliphatic carbocycles. The third-order valence-corrected chi connectivity index (χ3v) is 8.04. The molecule has 2 aliphatic heterocycles. The van der Waals surface area contributed by atoms with Crippen molar-refractivity contribution in [3.63, 3.8) is 0 Å². The second kappa shape index (κ2) is 8.99. The molecule has 1 amide bonds. The molecule has 162 valence electrons. The molecule has 8 nitrogen and oxygen atoms in total. The molecule has 0 saturated carbocycles. The Kier molecular flexibility index (Phi) is 6.83. The summed E-state index contributed by atoms with van der Waals surface area (Å²) in [6.45, 7) is 10.1. The van der Waals surface area contributed by atoms with Crippen LogP contribution in [0.3, 0.4) is 0 Å². The fourth-order valence-electron chi connectivity index (χ4n) is 3.99. The van der Waals surface area contributed by atoms with Gasteiger partial charge in [0.15, 0.2) is 0 Å². The van der Waals surface area contributed by atoms with Gasteiger partial charge in [-0.2, -0.15) is 4.31 Å². The van der Waals surface area contributed by atoms with Crippen LogP contribution in [0.25, 0.3) is 0 Å². The van der Waals surface area contributed by atoms with E-state index in [0.29, 0.717) is 75.2 Å². The van der Waals surface area contributed by atoms with E-state index in [9.17, 15) is 13.2 Å². The monoisotopic (exact) mass is 425 g/mol. The Labute approximate surface area is 173 Å². The highest BCUT2D eigenvalue weighted by Crippen LogP contribution is 2.32. The molecule has 2 heterocycles. The Hall–Kier alpha value is -1.68. The van der Waals surface area contributed by atoms with Crippen molar-refractivity contribution in [2.45, 2.75) is 25.7 Å². The van der Waals surface area contributed by atoms with Crippen LogP contribution in [0, 0.1) is 20.8 Å². The maximum Gasteiger partial charge on any atom is 0.243 e. The van der Waals surface area contributed by atoms with Gasteiger partial charge in [0.2, 0.25) is 15.9 Å². The summed E-state index contributed by atoms with van der Waals surface area (Å²) in [7, 11) is -2.01. The molecule has 3 rings (SSSR count). The second-order valence-corrected chi connectivity index (χ2v) is 9.52. The third-order valence-electron chi connectivity index (χ3n) is 5.85. The molecule has 0 unspecified atom stereocenters. The van der Waals surface area contributed by atoms with Crippen LogP contribution in [-0.2, 0) is 19.6 Å². The van der Waals surface area contributed by atoms with Crippen LogP contribution >= 0.6 is 0 Å². The van der Waals surface area contributed by atoms with E-state index in [1.807, 2.05) is 23.6 Å². The number of methoxy groups -OCH3 is 1. The molecule has 0 atom stereocenters. The molecule has 2 aliphatic rings. The van der Waals surface area contributed by atoms with E-state index in [1.54, 1.807) is 20.1 Å². The van der Waals surface area contributed by atoms with E-state index >= 15 is 0 Å². The lowest BCUT2D eigenvalue weighted by atomic mass is 10.1. The first-order chi connectivity index (χ1) is 13.8. The van der Waals surface area contributed by atoms with Gasteiger partial charge in [-0.25, -0.2) is 8.42 Å². The number of carbonyl (C=O) groups is 1. The molecule has 2 saturated heterocycles. The lowest BCUT2D eigenvalue weighted by Crippen LogP contribution is -2.52. The minimum absolute atomic E-state index is 0.0853. The summed E-state index contributed by atoms with van der Waals surface area (Å²) in [4.78, 5) is 16.7. The highest BCUT2D eigenvalue weighted by atomic mass is 32.2. The van der Waals surface area contributed by atoms with E-state index < -0.39 is 10.0 Å². The van der Waals surface area contributed by atoms with Crippen molar-refractivity contribution < 1.29 is 22.7 Å². The summed E-state index contributed by atoms with van der Waals surface area (Å²) in [6.07, 6.45) is 0. The van der Waals surface area contributed by atoms with Gasteiger partial charge in [-0.3, -0.25) is 9.69 Å². The predicted molar refractivity (Wildman–Crippen MR) is 110 cm³/mol. The van der Waals surface area contributed by atoms with Gasteiger partial charge in [0.1, 0.15) is 5.75 Å². The van der Waals surface area contributed by atoms with Crippen molar-refractivity contribution in [1.82, 2.24) is 14.1 Å². The summed E-state index contributed by atoms with van der Waals surface area (Å²) in [5.74, 6) is 0.785. The zero-order valence-corrected chi connectivity index (χ0v) is 18.5. The zero-order chi connectivity index (χ0) is 21.2. The number of hydrogen-bond donors (Lipinski definition) is 0. The van der Waals surface area contributed by atoms with E-state index in [-0.39, 0.29) is 5.91 Å². The van der Waals surface area contributed by atoms with Crippen molar-refractivity contribution in [2.24, 2.45) is 0 Å². The van der Waals surface area contributed by atoms with E-state index in [1.165, 1.54) is 4.31 Å². The fourth-order valence-corrected chi connectivity index (χ4v) is 5.90. The van der Waals surface area contributed by atoms with Crippen LogP contribution in [0.4, 0.5) is 0 Å². The van der Waals surface area contributed by atoms with Gasteiger partial charge in [0.25, 0.3) is 0 Å². The maximum atomic E-state index is 13.3. The van der Waals surface area contributed by atoms with Gasteiger partial charge in [0, 0.05) is 39.3 Å². The van der Waals surface area contributed by atoms with Crippen molar-refractivity contribution in [3.8, 4) is 5.75 Å². The Morgan fingerprint density at radius 2 is 1.66 bits per heavy atom. The molecule has 9 heteroatoms. The van der Waals surface area contributed by atoms with E-state index in [4.69, 9.17) is 9.47 Å². The summed E-state index contributed by atoms with van der Waals surface area (Å²) < 4.78 is 38.8. The highest BCUT2D eigenvalue weighted by molar-refractivity contribution is 7.89. The van der Waals surface area contributed by atoms with Crippen LogP contribution in [-0.4, -0.2) is 94.6 Å². The zero-order valence-electron chi connectivity index (χ0n) is 17.7. The molecule has 0 radical (unpaired) electrons. The number of sulfonamides is 1. The largest absolute Gasteiger partial charge is 0.496 e. The van der Waals surface area contributed by atoms with Crippen LogP contribution in [0.2, 0.25) is 0 Å². The molecule has 2 fully saturated rings. The average Bonchev–Trinajstić information content (AvgIpc) is 2.71. The molecular formula is C20H31N3O5S. The first kappa shape index (κ1) is 22.0. The number of benzene rings is 1. The standard InChI is InChI=1S/C20H31N3O5S/c1-15-13-18(27-4)16(2)17(3)20(15)29(25,26)23-7-5-21(6-8-23)14-19(24)22-9-11-28-12-10-22/h13H,5-12,14H2,1-4H3. The molecule has 0 N–H and O–H groups in total. The average molecular weight is 426 g/mol. The SMILES string of the molecule is COc1cc(C)c(S(=O)(=O)N2CCN(CC(=O)N3CCOCC3)CC2)c(C)c1C. The van der Waals surface area contributed by atoms with Crippen molar-refractivity contribution in [3.05, 3.63) is 22.8 Å². The minimum atomic E-state index is -3.60. The first-order valence-electron chi connectivity index (χ1n) is 9.98. The molecule has 1 aromatic rings. The topological polar surface area (TPSA) is 79.4 Å². The number of amides is 1. The van der Waals surface area contributed by atoms with Crippen LogP contribution in [0.5, 0.6) is 5.75 Å². The molecule has 29 heavy (non-hydrogen) atoms. The first-order valence-corrected chi connectivity index (χ1v) is 11.4. The minimum Gasteiger partial charge on any atom is -0.496 e. The number of hydrogen-bond acceptors (Lipinski definition) is 6. The molecular weight excluding hydrogens is 394 g/mol. The number of aryl methyl sites for hydroxylation is 1. The smallest absolute Gasteiger partial charge is 0.243 e. The Morgan fingerprint density at radius 1 is 1.03 bits per heavy atom. The third kappa shape index (κ3) is 4.58. The van der Waals surface area contributed by atoms with Gasteiger partial charge in [0.05, 0.1) is 31.8 Å². The summed E-state index contributed by atoms with van der Waals surface area (Å²) in [5.41, 5.74) is 2.26. The molecule has 0 aromatic heterocycles. The van der Waals surface area contributed by atoms with Crippen LogP contribution in [0.1, 0.15) is 16.7 Å². The number of carbonyl (C=O) groups excluding carboxylic acids is 1. The molecule has 0 spiro atoms. The predicted octanol–water partition coefficient (Wildman–Crippen LogP) is 0.786. The quantitative estimate of drug-likeness (QED) is 0.694. The van der Waals surface area contributed by atoms with Gasteiger partial charge < -0.3 is 14.4 Å².